The van der Waals surface area contributed by atoms with Crippen LogP contribution < -0.4 is 11.5 Å². The van der Waals surface area contributed by atoms with Crippen molar-refractivity contribution in [3.63, 3.8) is 0 Å². The smallest absolute Gasteiger partial charge is 0.470 e. The zero-order valence-electron chi connectivity index (χ0n) is 5.75. The van der Waals surface area contributed by atoms with Gasteiger partial charge in [-0.2, -0.15) is 12.8 Å². The molecule has 0 aromatic rings. The van der Waals surface area contributed by atoms with E-state index in [0.717, 1.165) is 6.67 Å². The van der Waals surface area contributed by atoms with Crippen LogP contribution in [0.3, 0.4) is 0 Å². The van der Waals surface area contributed by atoms with E-state index in [-0.39, 0.29) is 32.0 Å². The summed E-state index contributed by atoms with van der Waals surface area (Å²) in [5.41, 5.74) is 9.00. The van der Waals surface area contributed by atoms with Crippen LogP contribution >= 0.6 is 0 Å². The van der Waals surface area contributed by atoms with Gasteiger partial charge in [0.15, 0.2) is 0 Å². The van der Waals surface area contributed by atoms with Crippen molar-refractivity contribution in [2.75, 3.05) is 0 Å². The zero-order valence-corrected chi connectivity index (χ0v) is 8.02. The van der Waals surface area contributed by atoms with Gasteiger partial charge in [0.2, 0.25) is 0 Å². The van der Waals surface area contributed by atoms with Crippen molar-refractivity contribution in [2.45, 2.75) is 19.3 Å². The van der Waals surface area contributed by atoms with Gasteiger partial charge in [-0.05, 0) is 0 Å². The Morgan fingerprint density at radius 3 is 1.20 bits per heavy atom. The molecule has 10 heavy (non-hydrogen) atoms. The number of hydrogen-bond acceptors (Lipinski definition) is 2. The van der Waals surface area contributed by atoms with Crippen LogP contribution in [0.1, 0.15) is 19.3 Å². The first-order valence-corrected chi connectivity index (χ1v) is 2.48. The van der Waals surface area contributed by atoms with E-state index in [4.69, 9.17) is 0 Å². The Labute approximate surface area is 76.2 Å². The van der Waals surface area contributed by atoms with Gasteiger partial charge in [0, 0.05) is 0 Å². The fourth-order valence-corrected chi connectivity index (χ4v) is 0.204. The molecule has 0 heterocycles. The van der Waals surface area contributed by atoms with Gasteiger partial charge in [0.25, 0.3) is 0 Å². The molecule has 5 heteroatoms. The Balaban J connectivity index is -0.0000000286. The maximum Gasteiger partial charge on any atom is 2.00 e. The van der Waals surface area contributed by atoms with Gasteiger partial charge in [-0.1, -0.05) is 0 Å². The molecule has 0 saturated heterocycles. The summed E-state index contributed by atoms with van der Waals surface area (Å²) in [5, 5.41) is 0. The fraction of sp³-hybridized carbons (Fsp3) is 0.600. The van der Waals surface area contributed by atoms with Gasteiger partial charge in [-0.25, -0.2) is 6.67 Å². The van der Waals surface area contributed by atoms with Crippen LogP contribution in [0.2, 0.25) is 0 Å². The van der Waals surface area contributed by atoms with E-state index >= 15 is 0 Å². The van der Waals surface area contributed by atoms with Crippen LogP contribution in [0.5, 0.6) is 0 Å². The Kier molecular flexibility index (Phi) is 50.9. The predicted molar refractivity (Wildman–Crippen MR) is 38.1 cm³/mol. The third-order valence-electron chi connectivity index (χ3n) is 0.816. The molecule has 0 aromatic carbocycles. The molecule has 8 N–H and O–H groups in total. The molecule has 0 radical (unpaired) electrons. The van der Waals surface area contributed by atoms with Crippen LogP contribution in [0, 0.1) is 13.1 Å². The molecule has 68 valence electrons. The van der Waals surface area contributed by atoms with Crippen molar-refractivity contribution in [3.8, 4) is 0 Å². The van der Waals surface area contributed by atoms with E-state index < -0.39 is 0 Å². The van der Waals surface area contributed by atoms with Crippen molar-refractivity contribution in [3.05, 3.63) is 13.1 Å². The predicted octanol–water partition coefficient (Wildman–Crippen LogP) is -1.25. The molecule has 0 aromatic heterocycles. The minimum atomic E-state index is 0. The summed E-state index contributed by atoms with van der Waals surface area (Å²) >= 11 is 0. The number of nitrogens with two attached hydrogens (primary N) is 2. The summed E-state index contributed by atoms with van der Waals surface area (Å²) in [5.74, 6) is 0. The standard InChI is InChI=1S/C4H7.CH5N2.2H2O.Pt/c1-2-4-3-1;2-1-3;;;/h1H,2-4H2;1H,2-3H2;2*1H2;/q2*-1;;;+2. The largest absolute Gasteiger partial charge is 2.00 e. The second-order valence-corrected chi connectivity index (χ2v) is 1.41. The van der Waals surface area contributed by atoms with E-state index in [1.807, 2.05) is 0 Å². The van der Waals surface area contributed by atoms with Crippen molar-refractivity contribution >= 4 is 0 Å². The minimum absolute atomic E-state index is 0. The van der Waals surface area contributed by atoms with Crippen LogP contribution in [0.25, 0.3) is 0 Å². The topological polar surface area (TPSA) is 115 Å². The average molecular weight is 331 g/mol. The van der Waals surface area contributed by atoms with Gasteiger partial charge in [0.1, 0.15) is 0 Å². The molecular formula is C5H16N2O2Pt. The summed E-state index contributed by atoms with van der Waals surface area (Å²) < 4.78 is 0. The molecule has 0 atom stereocenters. The molecule has 0 aliphatic heterocycles. The Hall–Kier alpha value is 0.528. The van der Waals surface area contributed by atoms with Gasteiger partial charge >= 0.3 is 21.1 Å². The van der Waals surface area contributed by atoms with Gasteiger partial charge < -0.3 is 28.8 Å². The van der Waals surface area contributed by atoms with Crippen molar-refractivity contribution < 1.29 is 32.0 Å². The molecule has 0 spiro atoms. The minimum Gasteiger partial charge on any atom is -0.470 e. The second kappa shape index (κ2) is 22.7. The van der Waals surface area contributed by atoms with E-state index in [1.165, 1.54) is 19.3 Å². The van der Waals surface area contributed by atoms with Gasteiger partial charge in [-0.15, -0.1) is 6.42 Å². The molecule has 4 nitrogen and oxygen atoms in total. The first-order valence-electron chi connectivity index (χ1n) is 2.48. The molecule has 0 bridgehead atoms. The molecule has 1 aliphatic rings. The van der Waals surface area contributed by atoms with E-state index in [2.05, 4.69) is 17.9 Å². The first kappa shape index (κ1) is 22.4. The zero-order chi connectivity index (χ0) is 5.54. The molecule has 0 unspecified atom stereocenters. The summed E-state index contributed by atoms with van der Waals surface area (Å²) in [7, 11) is 0. The summed E-state index contributed by atoms with van der Waals surface area (Å²) in [4.78, 5) is 0. The molecule has 1 saturated carbocycles. The van der Waals surface area contributed by atoms with Crippen molar-refractivity contribution in [1.29, 1.82) is 0 Å². The molecule has 1 fully saturated rings. The normalized spacial score (nSPS) is 11.4. The van der Waals surface area contributed by atoms with Crippen LogP contribution in [-0.2, 0) is 21.1 Å². The summed E-state index contributed by atoms with van der Waals surface area (Å²) in [6.07, 6.45) is 6.50. The monoisotopic (exact) mass is 331 g/mol. The Bertz CT molecular complexity index is 32.8. The third-order valence-corrected chi connectivity index (χ3v) is 0.816. The van der Waals surface area contributed by atoms with Crippen molar-refractivity contribution in [2.24, 2.45) is 11.5 Å². The van der Waals surface area contributed by atoms with Crippen LogP contribution in [0.4, 0.5) is 0 Å². The number of hydrogen-bond donors (Lipinski definition) is 2. The molecule has 1 rings (SSSR count). The molecule has 1 aliphatic carbocycles. The maximum atomic E-state index is 4.50. The average Bonchev–Trinajstić information content (AvgIpc) is 1.27. The SMILES string of the molecule is N[CH-]N.O.O.[CH-]1CCC1.[Pt+2]. The van der Waals surface area contributed by atoms with Gasteiger partial charge in [0.05, 0.1) is 0 Å². The molecule has 0 amide bonds. The summed E-state index contributed by atoms with van der Waals surface area (Å²) in [6.45, 7) is 1.00. The Morgan fingerprint density at radius 2 is 1.20 bits per heavy atom. The fourth-order valence-electron chi connectivity index (χ4n) is 0.204. The van der Waals surface area contributed by atoms with E-state index in [0.29, 0.717) is 0 Å². The van der Waals surface area contributed by atoms with E-state index in [9.17, 15) is 0 Å². The first-order chi connectivity index (χ1) is 3.41. The van der Waals surface area contributed by atoms with E-state index in [1.54, 1.807) is 0 Å². The maximum absolute atomic E-state index is 4.50. The third kappa shape index (κ3) is 23.6. The van der Waals surface area contributed by atoms with Crippen LogP contribution in [0.15, 0.2) is 0 Å². The second-order valence-electron chi connectivity index (χ2n) is 1.41. The number of rotatable bonds is 0. The van der Waals surface area contributed by atoms with Crippen molar-refractivity contribution in [1.82, 2.24) is 0 Å². The Morgan fingerprint density at radius 1 is 1.10 bits per heavy atom. The quantitative estimate of drug-likeness (QED) is 0.540. The molecular weight excluding hydrogens is 315 g/mol. The van der Waals surface area contributed by atoms with Crippen LogP contribution in [-0.4, -0.2) is 11.0 Å². The summed E-state index contributed by atoms with van der Waals surface area (Å²) in [6, 6.07) is 0. The van der Waals surface area contributed by atoms with Gasteiger partial charge in [-0.3, -0.25) is 0 Å².